The Morgan fingerprint density at radius 3 is 2.28 bits per heavy atom. The van der Waals surface area contributed by atoms with Gasteiger partial charge in [0, 0.05) is 11.1 Å². The fraction of sp³-hybridized carbons (Fsp3) is 0.133. The van der Waals surface area contributed by atoms with Gasteiger partial charge in [0.05, 0.1) is 10.7 Å². The smallest absolute Gasteiger partial charge is 0.193 e. The molecule has 0 heterocycles. The molecule has 0 fully saturated rings. The molecule has 0 atom stereocenters. The van der Waals surface area contributed by atoms with Crippen molar-refractivity contribution in [3.05, 3.63) is 63.7 Å². The highest BCUT2D eigenvalue weighted by molar-refractivity contribution is 6.33. The molecule has 0 amide bonds. The van der Waals surface area contributed by atoms with Crippen molar-refractivity contribution < 1.29 is 4.79 Å². The van der Waals surface area contributed by atoms with Crippen molar-refractivity contribution in [2.45, 2.75) is 13.8 Å². The lowest BCUT2D eigenvalue weighted by Crippen LogP contribution is -2.06. The summed E-state index contributed by atoms with van der Waals surface area (Å²) in [6.07, 6.45) is 0. The third kappa shape index (κ3) is 2.24. The lowest BCUT2D eigenvalue weighted by atomic mass is 9.95. The fourth-order valence-corrected chi connectivity index (χ4v) is 2.17. The van der Waals surface area contributed by atoms with Crippen LogP contribution in [0.15, 0.2) is 36.4 Å². The van der Waals surface area contributed by atoms with Gasteiger partial charge in [-0.05, 0) is 43.2 Å². The Bertz CT molecular complexity index is 600. The van der Waals surface area contributed by atoms with E-state index in [1.807, 2.05) is 32.0 Å². The Morgan fingerprint density at radius 1 is 1.11 bits per heavy atom. The van der Waals surface area contributed by atoms with Crippen LogP contribution in [-0.2, 0) is 0 Å². The molecular weight excluding hydrogens is 246 g/mol. The molecule has 2 rings (SSSR count). The zero-order valence-corrected chi connectivity index (χ0v) is 11.1. The van der Waals surface area contributed by atoms with Gasteiger partial charge in [-0.25, -0.2) is 0 Å². The summed E-state index contributed by atoms with van der Waals surface area (Å²) in [6.45, 7) is 3.86. The molecule has 0 aliphatic rings. The SMILES string of the molecule is Cc1cccc(C)c1C(=O)c1ccc(N)c(Cl)c1. The maximum absolute atomic E-state index is 12.5. The third-order valence-electron chi connectivity index (χ3n) is 2.97. The summed E-state index contributed by atoms with van der Waals surface area (Å²) in [5.74, 6) is -0.0208. The van der Waals surface area contributed by atoms with Gasteiger partial charge in [-0.15, -0.1) is 0 Å². The highest BCUT2D eigenvalue weighted by Gasteiger charge is 2.14. The van der Waals surface area contributed by atoms with Gasteiger partial charge in [0.2, 0.25) is 0 Å². The van der Waals surface area contributed by atoms with Crippen molar-refractivity contribution in [1.29, 1.82) is 0 Å². The largest absolute Gasteiger partial charge is 0.398 e. The minimum atomic E-state index is -0.0208. The standard InChI is InChI=1S/C15H14ClNO/c1-9-4-3-5-10(2)14(9)15(18)11-6-7-13(17)12(16)8-11/h3-8H,17H2,1-2H3. The summed E-state index contributed by atoms with van der Waals surface area (Å²) in [5, 5.41) is 0.409. The van der Waals surface area contributed by atoms with Crippen molar-refractivity contribution in [3.63, 3.8) is 0 Å². The Labute approximate surface area is 111 Å². The van der Waals surface area contributed by atoms with Crippen LogP contribution in [0.3, 0.4) is 0 Å². The van der Waals surface area contributed by atoms with Gasteiger partial charge in [-0.3, -0.25) is 4.79 Å². The summed E-state index contributed by atoms with van der Waals surface area (Å²) in [4.78, 5) is 12.5. The summed E-state index contributed by atoms with van der Waals surface area (Å²) in [7, 11) is 0. The number of nitrogens with two attached hydrogens (primary N) is 1. The van der Waals surface area contributed by atoms with Crippen molar-refractivity contribution >= 4 is 23.1 Å². The first kappa shape index (κ1) is 12.7. The maximum Gasteiger partial charge on any atom is 0.193 e. The van der Waals surface area contributed by atoms with E-state index < -0.39 is 0 Å². The molecule has 0 aromatic heterocycles. The Balaban J connectivity index is 2.51. The minimum absolute atomic E-state index is 0.0208. The van der Waals surface area contributed by atoms with E-state index in [-0.39, 0.29) is 5.78 Å². The molecular formula is C15H14ClNO. The number of rotatable bonds is 2. The molecule has 18 heavy (non-hydrogen) atoms. The summed E-state index contributed by atoms with van der Waals surface area (Å²) in [5.41, 5.74) is 9.35. The fourth-order valence-electron chi connectivity index (χ4n) is 1.99. The second-order valence-electron chi connectivity index (χ2n) is 4.33. The Morgan fingerprint density at radius 2 is 1.72 bits per heavy atom. The molecule has 0 radical (unpaired) electrons. The number of benzene rings is 2. The van der Waals surface area contributed by atoms with Gasteiger partial charge in [-0.1, -0.05) is 29.8 Å². The first-order valence-corrected chi connectivity index (χ1v) is 6.04. The Hall–Kier alpha value is -1.80. The molecule has 0 saturated heterocycles. The minimum Gasteiger partial charge on any atom is -0.398 e. The summed E-state index contributed by atoms with van der Waals surface area (Å²) >= 11 is 5.95. The van der Waals surface area contributed by atoms with Crippen molar-refractivity contribution in [2.24, 2.45) is 0 Å². The average Bonchev–Trinajstić information content (AvgIpc) is 2.32. The molecule has 2 aromatic carbocycles. The molecule has 0 spiro atoms. The molecule has 2 nitrogen and oxygen atoms in total. The first-order chi connectivity index (χ1) is 8.50. The molecule has 0 bridgehead atoms. The highest BCUT2D eigenvalue weighted by atomic mass is 35.5. The lowest BCUT2D eigenvalue weighted by molar-refractivity contribution is 0.103. The normalized spacial score (nSPS) is 10.4. The number of aryl methyl sites for hydroxylation is 2. The van der Waals surface area contributed by atoms with Gasteiger partial charge < -0.3 is 5.73 Å². The lowest BCUT2D eigenvalue weighted by Gasteiger charge is -2.09. The van der Waals surface area contributed by atoms with Crippen molar-refractivity contribution in [2.75, 3.05) is 5.73 Å². The molecule has 2 aromatic rings. The molecule has 0 aliphatic heterocycles. The highest BCUT2D eigenvalue weighted by Crippen LogP contribution is 2.23. The number of anilines is 1. The number of carbonyl (C=O) groups excluding carboxylic acids is 1. The quantitative estimate of drug-likeness (QED) is 0.659. The molecule has 92 valence electrons. The number of hydrogen-bond donors (Lipinski definition) is 1. The van der Waals surface area contributed by atoms with E-state index in [1.165, 1.54) is 0 Å². The molecule has 0 saturated carbocycles. The Kier molecular flexibility index (Phi) is 3.39. The number of carbonyl (C=O) groups is 1. The molecule has 0 aliphatic carbocycles. The van der Waals surface area contributed by atoms with Crippen molar-refractivity contribution in [1.82, 2.24) is 0 Å². The van der Waals surface area contributed by atoms with E-state index in [0.29, 0.717) is 16.3 Å². The molecule has 3 heteroatoms. The second-order valence-corrected chi connectivity index (χ2v) is 4.74. The molecule has 2 N–H and O–H groups in total. The average molecular weight is 260 g/mol. The van der Waals surface area contributed by atoms with E-state index in [1.54, 1.807) is 18.2 Å². The zero-order valence-electron chi connectivity index (χ0n) is 10.3. The molecule has 0 unspecified atom stereocenters. The van der Waals surface area contributed by atoms with Gasteiger partial charge in [0.1, 0.15) is 0 Å². The van der Waals surface area contributed by atoms with Crippen LogP contribution in [0, 0.1) is 13.8 Å². The van der Waals surface area contributed by atoms with Crippen LogP contribution in [0.5, 0.6) is 0 Å². The van der Waals surface area contributed by atoms with Crippen LogP contribution in [-0.4, -0.2) is 5.78 Å². The number of halogens is 1. The van der Waals surface area contributed by atoms with Gasteiger partial charge in [0.15, 0.2) is 5.78 Å². The van der Waals surface area contributed by atoms with Crippen molar-refractivity contribution in [3.8, 4) is 0 Å². The number of nitrogen functional groups attached to an aromatic ring is 1. The first-order valence-electron chi connectivity index (χ1n) is 5.66. The van der Waals surface area contributed by atoms with Gasteiger partial charge >= 0.3 is 0 Å². The number of ketones is 1. The second kappa shape index (κ2) is 4.83. The summed E-state index contributed by atoms with van der Waals surface area (Å²) in [6, 6.07) is 10.8. The van der Waals surface area contributed by atoms with Crippen LogP contribution >= 0.6 is 11.6 Å². The van der Waals surface area contributed by atoms with Crippen LogP contribution in [0.4, 0.5) is 5.69 Å². The van der Waals surface area contributed by atoms with E-state index >= 15 is 0 Å². The third-order valence-corrected chi connectivity index (χ3v) is 3.30. The predicted octanol–water partition coefficient (Wildman–Crippen LogP) is 3.77. The van der Waals surface area contributed by atoms with E-state index in [0.717, 1.165) is 16.7 Å². The van der Waals surface area contributed by atoms with E-state index in [2.05, 4.69) is 0 Å². The predicted molar refractivity (Wildman–Crippen MR) is 75.2 cm³/mol. The van der Waals surface area contributed by atoms with Crippen LogP contribution in [0.25, 0.3) is 0 Å². The summed E-state index contributed by atoms with van der Waals surface area (Å²) < 4.78 is 0. The van der Waals surface area contributed by atoms with Crippen LogP contribution in [0.1, 0.15) is 27.0 Å². The maximum atomic E-state index is 12.5. The van der Waals surface area contributed by atoms with E-state index in [4.69, 9.17) is 17.3 Å². The van der Waals surface area contributed by atoms with Gasteiger partial charge in [0.25, 0.3) is 0 Å². The van der Waals surface area contributed by atoms with E-state index in [9.17, 15) is 4.79 Å². The topological polar surface area (TPSA) is 43.1 Å². The number of hydrogen-bond acceptors (Lipinski definition) is 2. The van der Waals surface area contributed by atoms with Gasteiger partial charge in [-0.2, -0.15) is 0 Å². The van der Waals surface area contributed by atoms with Crippen LogP contribution < -0.4 is 5.73 Å². The monoisotopic (exact) mass is 259 g/mol. The zero-order chi connectivity index (χ0) is 13.3. The van der Waals surface area contributed by atoms with Crippen LogP contribution in [0.2, 0.25) is 5.02 Å².